The Labute approximate surface area is 84.2 Å². The first-order chi connectivity index (χ1) is 6.66. The van der Waals surface area contributed by atoms with Crippen molar-refractivity contribution >= 4 is 5.82 Å². The summed E-state index contributed by atoms with van der Waals surface area (Å²) in [6.07, 6.45) is 2.88. The molecule has 2 N–H and O–H groups in total. The molecule has 0 aliphatic carbocycles. The van der Waals surface area contributed by atoms with Gasteiger partial charge >= 0.3 is 0 Å². The number of rotatable bonds is 1. The van der Waals surface area contributed by atoms with Crippen LogP contribution in [0.3, 0.4) is 0 Å². The summed E-state index contributed by atoms with van der Waals surface area (Å²) in [5, 5.41) is 0. The van der Waals surface area contributed by atoms with Crippen LogP contribution in [0.2, 0.25) is 0 Å². The minimum Gasteiger partial charge on any atom is -0.354 e. The summed E-state index contributed by atoms with van der Waals surface area (Å²) in [6, 6.07) is 0.290. The zero-order chi connectivity index (χ0) is 10.1. The molecule has 1 atom stereocenters. The fraction of sp³-hybridized carbons (Fsp3) is 0.600. The molecular weight excluding hydrogens is 176 g/mol. The summed E-state index contributed by atoms with van der Waals surface area (Å²) < 4.78 is 0. The lowest BCUT2D eigenvalue weighted by atomic mass is 10.3. The third kappa shape index (κ3) is 1.70. The van der Waals surface area contributed by atoms with E-state index in [4.69, 9.17) is 5.73 Å². The molecule has 4 heteroatoms. The quantitative estimate of drug-likeness (QED) is 0.709. The van der Waals surface area contributed by atoms with Crippen molar-refractivity contribution < 1.29 is 0 Å². The van der Waals surface area contributed by atoms with Crippen molar-refractivity contribution in [2.45, 2.75) is 26.3 Å². The van der Waals surface area contributed by atoms with E-state index in [1.807, 2.05) is 20.0 Å². The van der Waals surface area contributed by atoms with Gasteiger partial charge in [0, 0.05) is 19.1 Å². The lowest BCUT2D eigenvalue weighted by Crippen LogP contribution is -2.27. The van der Waals surface area contributed by atoms with E-state index in [9.17, 15) is 0 Å². The Morgan fingerprint density at radius 3 is 2.79 bits per heavy atom. The molecule has 0 spiro atoms. The third-order valence-electron chi connectivity index (χ3n) is 2.73. The fourth-order valence-electron chi connectivity index (χ4n) is 1.68. The van der Waals surface area contributed by atoms with Crippen molar-refractivity contribution in [2.75, 3.05) is 18.0 Å². The molecule has 2 heterocycles. The van der Waals surface area contributed by atoms with Crippen LogP contribution in [0.5, 0.6) is 0 Å². The predicted octanol–water partition coefficient (Wildman–Crippen LogP) is 0.631. The molecule has 0 saturated carbocycles. The Kier molecular flexibility index (Phi) is 2.37. The van der Waals surface area contributed by atoms with Gasteiger partial charge in [-0.05, 0) is 20.3 Å². The van der Waals surface area contributed by atoms with Crippen LogP contribution in [-0.2, 0) is 0 Å². The van der Waals surface area contributed by atoms with Crippen molar-refractivity contribution in [2.24, 2.45) is 5.73 Å². The second kappa shape index (κ2) is 3.53. The summed E-state index contributed by atoms with van der Waals surface area (Å²) in [4.78, 5) is 11.0. The van der Waals surface area contributed by atoms with Gasteiger partial charge in [-0.25, -0.2) is 4.98 Å². The van der Waals surface area contributed by atoms with Crippen LogP contribution in [0.1, 0.15) is 17.8 Å². The predicted molar refractivity (Wildman–Crippen MR) is 56.3 cm³/mol. The minimum absolute atomic E-state index is 0.290. The standard InChI is InChI=1S/C10H16N4/c1-7-8(2)13-10(5-12-7)14-4-3-9(11)6-14/h5,9H,3-4,6,11H2,1-2H3. The molecule has 1 aromatic heterocycles. The third-order valence-corrected chi connectivity index (χ3v) is 2.73. The van der Waals surface area contributed by atoms with Crippen molar-refractivity contribution in [3.63, 3.8) is 0 Å². The molecule has 2 rings (SSSR count). The van der Waals surface area contributed by atoms with Gasteiger partial charge in [0.05, 0.1) is 17.6 Å². The van der Waals surface area contributed by atoms with Gasteiger partial charge in [-0.2, -0.15) is 0 Å². The number of aryl methyl sites for hydroxylation is 2. The molecule has 4 nitrogen and oxygen atoms in total. The van der Waals surface area contributed by atoms with Gasteiger partial charge in [0.25, 0.3) is 0 Å². The molecule has 0 aromatic carbocycles. The highest BCUT2D eigenvalue weighted by Crippen LogP contribution is 2.17. The van der Waals surface area contributed by atoms with Crippen LogP contribution in [0.25, 0.3) is 0 Å². The molecule has 1 unspecified atom stereocenters. The summed E-state index contributed by atoms with van der Waals surface area (Å²) in [5.74, 6) is 0.959. The Bertz CT molecular complexity index is 337. The lowest BCUT2D eigenvalue weighted by Gasteiger charge is -2.16. The van der Waals surface area contributed by atoms with Crippen molar-refractivity contribution in [1.82, 2.24) is 9.97 Å². The maximum absolute atomic E-state index is 5.84. The van der Waals surface area contributed by atoms with E-state index >= 15 is 0 Å². The molecule has 0 bridgehead atoms. The molecular formula is C10H16N4. The van der Waals surface area contributed by atoms with Gasteiger partial charge in [-0.3, -0.25) is 4.98 Å². The van der Waals surface area contributed by atoms with Crippen molar-refractivity contribution in [3.05, 3.63) is 17.6 Å². The van der Waals surface area contributed by atoms with Crippen LogP contribution in [0, 0.1) is 13.8 Å². The highest BCUT2D eigenvalue weighted by molar-refractivity contribution is 5.39. The average Bonchev–Trinajstić information content (AvgIpc) is 2.57. The van der Waals surface area contributed by atoms with Gasteiger partial charge in [0.1, 0.15) is 5.82 Å². The second-order valence-corrected chi connectivity index (χ2v) is 3.89. The summed E-state index contributed by atoms with van der Waals surface area (Å²) in [5.41, 5.74) is 7.84. The molecule has 1 aromatic rings. The number of hydrogen-bond donors (Lipinski definition) is 1. The van der Waals surface area contributed by atoms with Gasteiger partial charge in [0.2, 0.25) is 0 Å². The molecule has 1 fully saturated rings. The van der Waals surface area contributed by atoms with Crippen LogP contribution in [0.4, 0.5) is 5.82 Å². The van der Waals surface area contributed by atoms with E-state index in [0.29, 0.717) is 6.04 Å². The lowest BCUT2D eigenvalue weighted by molar-refractivity contribution is 0.751. The van der Waals surface area contributed by atoms with Crippen LogP contribution in [-0.4, -0.2) is 29.1 Å². The SMILES string of the molecule is Cc1ncc(N2CCC(N)C2)nc1C. The zero-order valence-corrected chi connectivity index (χ0v) is 8.70. The number of hydrogen-bond acceptors (Lipinski definition) is 4. The molecule has 76 valence electrons. The Hall–Kier alpha value is -1.16. The van der Waals surface area contributed by atoms with Gasteiger partial charge in [-0.1, -0.05) is 0 Å². The van der Waals surface area contributed by atoms with E-state index < -0.39 is 0 Å². The second-order valence-electron chi connectivity index (χ2n) is 3.89. The van der Waals surface area contributed by atoms with E-state index in [0.717, 1.165) is 36.7 Å². The minimum atomic E-state index is 0.290. The molecule has 0 amide bonds. The first kappa shape index (κ1) is 9.40. The number of anilines is 1. The first-order valence-electron chi connectivity index (χ1n) is 4.97. The molecule has 1 aliphatic rings. The highest BCUT2D eigenvalue weighted by Gasteiger charge is 2.20. The maximum atomic E-state index is 5.84. The largest absolute Gasteiger partial charge is 0.354 e. The van der Waals surface area contributed by atoms with Gasteiger partial charge < -0.3 is 10.6 Å². The number of nitrogens with zero attached hydrogens (tertiary/aromatic N) is 3. The Morgan fingerprint density at radius 1 is 1.43 bits per heavy atom. The first-order valence-corrected chi connectivity index (χ1v) is 4.97. The fourth-order valence-corrected chi connectivity index (χ4v) is 1.68. The summed E-state index contributed by atoms with van der Waals surface area (Å²) >= 11 is 0. The van der Waals surface area contributed by atoms with E-state index in [2.05, 4.69) is 14.9 Å². The molecule has 0 radical (unpaired) electrons. The Balaban J connectivity index is 2.20. The molecule has 1 aliphatic heterocycles. The maximum Gasteiger partial charge on any atom is 0.147 e. The number of aromatic nitrogens is 2. The van der Waals surface area contributed by atoms with E-state index in [-0.39, 0.29) is 0 Å². The van der Waals surface area contributed by atoms with Crippen molar-refractivity contribution in [1.29, 1.82) is 0 Å². The molecule has 14 heavy (non-hydrogen) atoms. The summed E-state index contributed by atoms with van der Waals surface area (Å²) in [7, 11) is 0. The topological polar surface area (TPSA) is 55.0 Å². The highest BCUT2D eigenvalue weighted by atomic mass is 15.2. The monoisotopic (exact) mass is 192 g/mol. The van der Waals surface area contributed by atoms with Crippen LogP contribution in [0.15, 0.2) is 6.20 Å². The Morgan fingerprint density at radius 2 is 2.21 bits per heavy atom. The van der Waals surface area contributed by atoms with Crippen molar-refractivity contribution in [3.8, 4) is 0 Å². The van der Waals surface area contributed by atoms with E-state index in [1.54, 1.807) is 0 Å². The number of nitrogens with two attached hydrogens (primary N) is 1. The smallest absolute Gasteiger partial charge is 0.147 e. The average molecular weight is 192 g/mol. The van der Waals surface area contributed by atoms with Crippen LogP contribution < -0.4 is 10.6 Å². The normalized spacial score (nSPS) is 21.6. The van der Waals surface area contributed by atoms with Crippen LogP contribution >= 0.6 is 0 Å². The van der Waals surface area contributed by atoms with Gasteiger partial charge in [0.15, 0.2) is 0 Å². The van der Waals surface area contributed by atoms with E-state index in [1.165, 1.54) is 0 Å². The summed E-state index contributed by atoms with van der Waals surface area (Å²) in [6.45, 7) is 5.86. The molecule has 1 saturated heterocycles. The zero-order valence-electron chi connectivity index (χ0n) is 8.70. The van der Waals surface area contributed by atoms with Gasteiger partial charge in [-0.15, -0.1) is 0 Å².